The first-order chi connectivity index (χ1) is 4.85. The molecule has 0 heterocycles. The van der Waals surface area contributed by atoms with Gasteiger partial charge in [-0.15, -0.1) is 0 Å². The first-order valence-corrected chi connectivity index (χ1v) is 3.79. The molecule has 0 unspecified atom stereocenters. The molecule has 61 valence electrons. The fourth-order valence-electron chi connectivity index (χ4n) is 0.934. The third kappa shape index (κ3) is 4.73. The first-order valence-electron chi connectivity index (χ1n) is 3.79. The molecule has 0 aromatic rings. The van der Waals surface area contributed by atoms with Crippen LogP contribution in [0.2, 0.25) is 0 Å². The van der Waals surface area contributed by atoms with Crippen LogP contribution < -0.4 is 4.90 Å². The van der Waals surface area contributed by atoms with Gasteiger partial charge in [-0.05, 0) is 6.42 Å². The summed E-state index contributed by atoms with van der Waals surface area (Å²) in [6, 6.07) is 0. The Kier molecular flexibility index (Phi) is 6.91. The summed E-state index contributed by atoms with van der Waals surface area (Å²) in [5, 5.41) is 17.1. The molecule has 0 aliphatic carbocycles. The van der Waals surface area contributed by atoms with Gasteiger partial charge in [-0.1, -0.05) is 6.92 Å². The number of aliphatic hydroxyl groups is 2. The lowest BCUT2D eigenvalue weighted by molar-refractivity contribution is 0.218. The van der Waals surface area contributed by atoms with Crippen molar-refractivity contribution in [1.29, 1.82) is 0 Å². The van der Waals surface area contributed by atoms with Crippen LogP contribution in [0.25, 0.3) is 0 Å². The van der Waals surface area contributed by atoms with Crippen molar-refractivity contribution in [3.63, 3.8) is 0 Å². The Morgan fingerprint density at radius 3 is 1.80 bits per heavy atom. The zero-order valence-corrected chi connectivity index (χ0v) is 6.58. The number of rotatable bonds is 6. The van der Waals surface area contributed by atoms with Crippen molar-refractivity contribution in [3.8, 4) is 0 Å². The summed E-state index contributed by atoms with van der Waals surface area (Å²) < 4.78 is 0. The maximum atomic E-state index is 8.57. The van der Waals surface area contributed by atoms with Crippen LogP contribution in [0.1, 0.15) is 13.3 Å². The smallest absolute Gasteiger partial charge is 0.145 e. The molecule has 0 spiro atoms. The van der Waals surface area contributed by atoms with Crippen LogP contribution in [0.3, 0.4) is 0 Å². The normalized spacial score (nSPS) is 10.8. The fourth-order valence-corrected chi connectivity index (χ4v) is 0.934. The molecule has 0 rings (SSSR count). The maximum absolute atomic E-state index is 8.57. The van der Waals surface area contributed by atoms with Crippen molar-refractivity contribution >= 4 is 0 Å². The van der Waals surface area contributed by atoms with Gasteiger partial charge in [0.25, 0.3) is 0 Å². The minimum Gasteiger partial charge on any atom is -0.390 e. The van der Waals surface area contributed by atoms with Gasteiger partial charge in [-0.2, -0.15) is 4.90 Å². The van der Waals surface area contributed by atoms with Crippen LogP contribution in [0, 0.1) is 0 Å². The van der Waals surface area contributed by atoms with Crippen molar-refractivity contribution in [3.05, 3.63) is 0 Å². The molecule has 10 heavy (non-hydrogen) atoms. The predicted octanol–water partition coefficient (Wildman–Crippen LogP) is -0.479. The van der Waals surface area contributed by atoms with Gasteiger partial charge < -0.3 is 10.2 Å². The molecule has 0 aromatic heterocycles. The molecule has 3 heteroatoms. The zero-order valence-electron chi connectivity index (χ0n) is 6.58. The SMILES string of the molecule is CCC[N+](CCO)CCO. The molecule has 0 bridgehead atoms. The molecule has 0 aliphatic heterocycles. The average molecular weight is 147 g/mol. The monoisotopic (exact) mass is 147 g/mol. The van der Waals surface area contributed by atoms with Crippen LogP contribution in [-0.2, 0) is 0 Å². The van der Waals surface area contributed by atoms with Crippen molar-refractivity contribution < 1.29 is 10.2 Å². The number of hydrogen-bond acceptors (Lipinski definition) is 3. The Hall–Kier alpha value is -0.120. The number of aliphatic hydroxyl groups excluding tert-OH is 2. The Balaban J connectivity index is 3.30. The van der Waals surface area contributed by atoms with E-state index in [1.807, 2.05) is 4.90 Å². The summed E-state index contributed by atoms with van der Waals surface area (Å²) in [5.74, 6) is 0. The van der Waals surface area contributed by atoms with E-state index in [1.54, 1.807) is 0 Å². The highest BCUT2D eigenvalue weighted by molar-refractivity contribution is 4.60. The summed E-state index contributed by atoms with van der Waals surface area (Å²) >= 11 is 0. The van der Waals surface area contributed by atoms with E-state index in [2.05, 4.69) is 6.92 Å². The third-order valence-corrected chi connectivity index (χ3v) is 1.37. The van der Waals surface area contributed by atoms with Crippen molar-refractivity contribution in [2.45, 2.75) is 13.3 Å². The molecule has 0 aliphatic rings. The molecule has 0 fully saturated rings. The van der Waals surface area contributed by atoms with Crippen LogP contribution in [0.15, 0.2) is 0 Å². The molecular formula is C7H17NO2+. The lowest BCUT2D eigenvalue weighted by Gasteiger charge is -2.07. The first kappa shape index (κ1) is 9.88. The standard InChI is InChI=1S/C7H17NO2/c1-2-3-8(4-6-9)5-7-10/h9-10H,2-7H2,1H3/q+1. The van der Waals surface area contributed by atoms with Crippen LogP contribution >= 0.6 is 0 Å². The molecule has 1 radical (unpaired) electrons. The van der Waals surface area contributed by atoms with E-state index in [-0.39, 0.29) is 13.2 Å². The number of nitrogens with zero attached hydrogens (tertiary/aromatic N) is 1. The maximum Gasteiger partial charge on any atom is 0.145 e. The Morgan fingerprint density at radius 2 is 1.50 bits per heavy atom. The summed E-state index contributed by atoms with van der Waals surface area (Å²) in [6.45, 7) is 4.76. The molecular weight excluding hydrogens is 130 g/mol. The second kappa shape index (κ2) is 6.99. The van der Waals surface area contributed by atoms with E-state index >= 15 is 0 Å². The summed E-state index contributed by atoms with van der Waals surface area (Å²) in [4.78, 5) is 2.04. The second-order valence-electron chi connectivity index (χ2n) is 2.29. The Labute approximate surface area is 62.3 Å². The van der Waals surface area contributed by atoms with Gasteiger partial charge in [0.15, 0.2) is 0 Å². The summed E-state index contributed by atoms with van der Waals surface area (Å²) in [5.41, 5.74) is 0. The summed E-state index contributed by atoms with van der Waals surface area (Å²) in [6.07, 6.45) is 1.07. The largest absolute Gasteiger partial charge is 0.390 e. The average Bonchev–Trinajstić information content (AvgIpc) is 1.90. The van der Waals surface area contributed by atoms with Gasteiger partial charge in [0.2, 0.25) is 0 Å². The minimum absolute atomic E-state index is 0.181. The van der Waals surface area contributed by atoms with E-state index in [0.717, 1.165) is 13.0 Å². The van der Waals surface area contributed by atoms with Gasteiger partial charge in [0.05, 0.1) is 13.2 Å². The highest BCUT2D eigenvalue weighted by Crippen LogP contribution is 1.84. The minimum atomic E-state index is 0.181. The summed E-state index contributed by atoms with van der Waals surface area (Å²) in [7, 11) is 0. The van der Waals surface area contributed by atoms with E-state index in [9.17, 15) is 0 Å². The van der Waals surface area contributed by atoms with Crippen molar-refractivity contribution in [2.75, 3.05) is 32.8 Å². The molecule has 2 N–H and O–H groups in total. The molecule has 0 atom stereocenters. The Morgan fingerprint density at radius 1 is 1.00 bits per heavy atom. The third-order valence-electron chi connectivity index (χ3n) is 1.37. The van der Waals surface area contributed by atoms with Gasteiger partial charge in [-0.25, -0.2) is 0 Å². The van der Waals surface area contributed by atoms with Crippen LogP contribution in [-0.4, -0.2) is 43.1 Å². The van der Waals surface area contributed by atoms with Gasteiger partial charge >= 0.3 is 0 Å². The van der Waals surface area contributed by atoms with Gasteiger partial charge in [0.1, 0.15) is 19.6 Å². The molecule has 0 saturated heterocycles. The van der Waals surface area contributed by atoms with Gasteiger partial charge in [-0.3, -0.25) is 0 Å². The highest BCUT2D eigenvalue weighted by atomic mass is 16.3. The van der Waals surface area contributed by atoms with Crippen molar-refractivity contribution in [1.82, 2.24) is 4.90 Å². The highest BCUT2D eigenvalue weighted by Gasteiger charge is 2.10. The van der Waals surface area contributed by atoms with Crippen LogP contribution in [0.5, 0.6) is 0 Å². The Bertz CT molecular complexity index is 54.4. The van der Waals surface area contributed by atoms with E-state index in [4.69, 9.17) is 10.2 Å². The molecule has 0 saturated carbocycles. The van der Waals surface area contributed by atoms with Gasteiger partial charge in [0, 0.05) is 0 Å². The molecule has 0 amide bonds. The van der Waals surface area contributed by atoms with E-state index in [0.29, 0.717) is 13.1 Å². The zero-order chi connectivity index (χ0) is 7.82. The lowest BCUT2D eigenvalue weighted by Crippen LogP contribution is -2.36. The van der Waals surface area contributed by atoms with E-state index in [1.165, 1.54) is 0 Å². The number of hydrogen-bond donors (Lipinski definition) is 2. The fraction of sp³-hybridized carbons (Fsp3) is 1.00. The van der Waals surface area contributed by atoms with E-state index < -0.39 is 0 Å². The van der Waals surface area contributed by atoms with Crippen molar-refractivity contribution in [2.24, 2.45) is 0 Å². The topological polar surface area (TPSA) is 46.4 Å². The molecule has 3 nitrogen and oxygen atoms in total. The predicted molar refractivity (Wildman–Crippen MR) is 41.2 cm³/mol. The van der Waals surface area contributed by atoms with Crippen LogP contribution in [0.4, 0.5) is 0 Å². The molecule has 0 aromatic carbocycles. The second-order valence-corrected chi connectivity index (χ2v) is 2.29. The lowest BCUT2D eigenvalue weighted by atomic mass is 10.4. The quantitative estimate of drug-likeness (QED) is 0.498.